The molecule has 5 nitrogen and oxygen atoms in total. The number of fused-ring (bicyclic) bond motifs is 1. The number of hydrogen-bond acceptors (Lipinski definition) is 6. The lowest BCUT2D eigenvalue weighted by atomic mass is 10.0. The van der Waals surface area contributed by atoms with Crippen LogP contribution in [-0.4, -0.2) is 23.0 Å². The third-order valence-electron chi connectivity index (χ3n) is 3.69. The van der Waals surface area contributed by atoms with Gasteiger partial charge in [-0.3, -0.25) is 4.99 Å². The van der Waals surface area contributed by atoms with E-state index in [1.165, 1.54) is 11.3 Å². The third-order valence-corrected chi connectivity index (χ3v) is 4.53. The Morgan fingerprint density at radius 2 is 2.33 bits per heavy atom. The second-order valence-electron chi connectivity index (χ2n) is 5.34. The molecule has 0 aliphatic carbocycles. The van der Waals surface area contributed by atoms with E-state index in [4.69, 9.17) is 5.73 Å². The van der Waals surface area contributed by atoms with E-state index in [-0.39, 0.29) is 12.0 Å². The molecule has 0 saturated heterocycles. The zero-order chi connectivity index (χ0) is 16.9. The van der Waals surface area contributed by atoms with Crippen LogP contribution in [0.1, 0.15) is 12.5 Å². The Bertz CT molecular complexity index is 859. The number of nitrogens with two attached hydrogens (primary N) is 1. The monoisotopic (exact) mass is 337 g/mol. The number of rotatable bonds is 5. The van der Waals surface area contributed by atoms with Crippen molar-refractivity contribution in [1.29, 1.82) is 0 Å². The average Bonchev–Trinajstić information content (AvgIpc) is 3.18. The Morgan fingerprint density at radius 1 is 1.46 bits per heavy atom. The van der Waals surface area contributed by atoms with Gasteiger partial charge in [0.25, 0.3) is 0 Å². The first-order valence-corrected chi connectivity index (χ1v) is 8.48. The molecule has 24 heavy (non-hydrogen) atoms. The fourth-order valence-electron chi connectivity index (χ4n) is 2.47. The fourth-order valence-corrected chi connectivity index (χ4v) is 3.24. The van der Waals surface area contributed by atoms with Crippen molar-refractivity contribution in [3.8, 4) is 0 Å². The minimum absolute atomic E-state index is 0.123. The smallest absolute Gasteiger partial charge is 0.181 e. The van der Waals surface area contributed by atoms with Crippen LogP contribution in [0.4, 0.5) is 5.13 Å². The lowest BCUT2D eigenvalue weighted by molar-refractivity contribution is 0.628. The number of nitrogens with zero attached hydrogens (tertiary/aromatic N) is 3. The minimum atomic E-state index is 0.123. The molecule has 122 valence electrons. The van der Waals surface area contributed by atoms with E-state index in [0.717, 1.165) is 21.5 Å². The van der Waals surface area contributed by atoms with Crippen LogP contribution in [0.15, 0.2) is 65.4 Å². The maximum atomic E-state index is 5.78. The first-order valence-electron chi connectivity index (χ1n) is 7.66. The molecule has 1 aliphatic heterocycles. The molecule has 3 N–H and O–H groups in total. The number of anilines is 1. The van der Waals surface area contributed by atoms with Crippen LogP contribution in [-0.2, 0) is 0 Å². The van der Waals surface area contributed by atoms with Gasteiger partial charge in [0.2, 0.25) is 0 Å². The number of hydrazone groups is 1. The number of nitrogens with one attached hydrogen (secondary N) is 1. The highest BCUT2D eigenvalue weighted by Crippen LogP contribution is 2.25. The molecule has 0 saturated carbocycles. The molecule has 0 radical (unpaired) electrons. The van der Waals surface area contributed by atoms with Gasteiger partial charge in [0.15, 0.2) is 5.13 Å². The third kappa shape index (κ3) is 3.44. The highest BCUT2D eigenvalue weighted by atomic mass is 32.1. The fraction of sp³-hybridized carbons (Fsp3) is 0.167. The maximum absolute atomic E-state index is 5.78. The highest BCUT2D eigenvalue weighted by Gasteiger charge is 2.17. The van der Waals surface area contributed by atoms with Gasteiger partial charge in [-0.15, -0.1) is 6.58 Å². The van der Waals surface area contributed by atoms with Gasteiger partial charge in [-0.2, -0.15) is 5.10 Å². The molecule has 2 aromatic rings. The zero-order valence-corrected chi connectivity index (χ0v) is 14.2. The summed E-state index contributed by atoms with van der Waals surface area (Å²) < 4.78 is 1.06. The normalized spacial score (nSPS) is 21.1. The maximum Gasteiger partial charge on any atom is 0.181 e. The van der Waals surface area contributed by atoms with E-state index >= 15 is 0 Å². The number of nitrogen functional groups attached to an aromatic ring is 1. The second kappa shape index (κ2) is 7.23. The number of benzene rings is 1. The van der Waals surface area contributed by atoms with E-state index in [2.05, 4.69) is 33.1 Å². The van der Waals surface area contributed by atoms with E-state index in [1.807, 2.05) is 55.8 Å². The average molecular weight is 337 g/mol. The number of hydrogen-bond donors (Lipinski definition) is 2. The van der Waals surface area contributed by atoms with Crippen LogP contribution in [0.2, 0.25) is 0 Å². The van der Waals surface area contributed by atoms with Crippen LogP contribution in [0.5, 0.6) is 0 Å². The summed E-state index contributed by atoms with van der Waals surface area (Å²) >= 11 is 1.48. The van der Waals surface area contributed by atoms with E-state index in [1.54, 1.807) is 0 Å². The molecule has 3 rings (SSSR count). The number of allylic oxidation sites excluding steroid dienone is 2. The van der Waals surface area contributed by atoms with Crippen LogP contribution in [0, 0.1) is 5.92 Å². The Morgan fingerprint density at radius 3 is 3.12 bits per heavy atom. The Balaban J connectivity index is 1.87. The predicted octanol–water partition coefficient (Wildman–Crippen LogP) is 3.52. The van der Waals surface area contributed by atoms with Gasteiger partial charge in [-0.25, -0.2) is 4.98 Å². The molecule has 2 atom stereocenters. The molecule has 0 bridgehead atoms. The van der Waals surface area contributed by atoms with Crippen molar-refractivity contribution in [2.75, 3.05) is 5.73 Å². The minimum Gasteiger partial charge on any atom is -0.375 e. The number of aliphatic imine (C=N–C) groups is 1. The predicted molar refractivity (Wildman–Crippen MR) is 104 cm³/mol. The van der Waals surface area contributed by atoms with E-state index in [9.17, 15) is 0 Å². The van der Waals surface area contributed by atoms with Crippen molar-refractivity contribution in [3.63, 3.8) is 0 Å². The number of thiazole rings is 1. The van der Waals surface area contributed by atoms with Crippen LogP contribution >= 0.6 is 11.3 Å². The summed E-state index contributed by atoms with van der Waals surface area (Å²) in [6, 6.07) is 6.18. The molecule has 2 unspecified atom stereocenters. The summed E-state index contributed by atoms with van der Waals surface area (Å²) in [5.74, 6) is 0.168. The molecule has 6 heteroatoms. The lowest BCUT2D eigenvalue weighted by Gasteiger charge is -2.08. The van der Waals surface area contributed by atoms with Crippen molar-refractivity contribution in [3.05, 3.63) is 60.8 Å². The summed E-state index contributed by atoms with van der Waals surface area (Å²) in [6.45, 7) is 5.78. The van der Waals surface area contributed by atoms with Gasteiger partial charge in [0.05, 0.1) is 22.0 Å². The summed E-state index contributed by atoms with van der Waals surface area (Å²) in [6.07, 6.45) is 11.5. The summed E-state index contributed by atoms with van der Waals surface area (Å²) in [5.41, 5.74) is 11.6. The summed E-state index contributed by atoms with van der Waals surface area (Å²) in [4.78, 5) is 8.89. The largest absolute Gasteiger partial charge is 0.375 e. The standard InChI is InChI=1S/C18H19N5S/c1-3-5-15(20-9-8-13-11-21-23-14(13)4-2)12-6-7-16-17(10-12)24-18(19)22-16/h3-11,13-14,23H,2H2,1H3,(H2,19,22)/b5-3+,9-8+,20-15-. The SMILES string of the molecule is C=CC1NN=CC1/C=C/N=C(/C=C/C)c1ccc2nc(N)sc2c1. The quantitative estimate of drug-likeness (QED) is 0.647. The molecule has 1 aliphatic rings. The van der Waals surface area contributed by atoms with Crippen LogP contribution < -0.4 is 11.2 Å². The van der Waals surface area contributed by atoms with Gasteiger partial charge < -0.3 is 11.2 Å². The van der Waals surface area contributed by atoms with Gasteiger partial charge in [-0.1, -0.05) is 35.6 Å². The van der Waals surface area contributed by atoms with E-state index in [0.29, 0.717) is 5.13 Å². The molecular formula is C18H19N5S. The van der Waals surface area contributed by atoms with Gasteiger partial charge in [0.1, 0.15) is 0 Å². The van der Waals surface area contributed by atoms with Crippen molar-refractivity contribution in [1.82, 2.24) is 10.4 Å². The molecule has 0 amide bonds. The Labute approximate surface area is 145 Å². The molecule has 0 fully saturated rings. The first kappa shape index (κ1) is 16.1. The van der Waals surface area contributed by atoms with E-state index < -0.39 is 0 Å². The Hall–Kier alpha value is -2.73. The van der Waals surface area contributed by atoms with Crippen LogP contribution in [0.25, 0.3) is 10.2 Å². The van der Waals surface area contributed by atoms with Crippen molar-refractivity contribution in [2.24, 2.45) is 16.0 Å². The van der Waals surface area contributed by atoms with Crippen LogP contribution in [0.3, 0.4) is 0 Å². The van der Waals surface area contributed by atoms with Gasteiger partial charge >= 0.3 is 0 Å². The van der Waals surface area contributed by atoms with Gasteiger partial charge in [-0.05, 0) is 25.1 Å². The zero-order valence-electron chi connectivity index (χ0n) is 13.4. The molecule has 2 heterocycles. The highest BCUT2D eigenvalue weighted by molar-refractivity contribution is 7.22. The van der Waals surface area contributed by atoms with Crippen molar-refractivity contribution >= 4 is 38.6 Å². The second-order valence-corrected chi connectivity index (χ2v) is 6.40. The summed E-state index contributed by atoms with van der Waals surface area (Å²) in [7, 11) is 0. The van der Waals surface area contributed by atoms with Gasteiger partial charge in [0, 0.05) is 23.9 Å². The molecule has 0 spiro atoms. The summed E-state index contributed by atoms with van der Waals surface area (Å²) in [5, 5.41) is 4.65. The Kier molecular flexibility index (Phi) is 4.86. The molecule has 1 aromatic heterocycles. The number of aromatic nitrogens is 1. The lowest BCUT2D eigenvalue weighted by Crippen LogP contribution is -2.23. The molecular weight excluding hydrogens is 318 g/mol. The van der Waals surface area contributed by atoms with Crippen molar-refractivity contribution in [2.45, 2.75) is 13.0 Å². The molecule has 1 aromatic carbocycles. The van der Waals surface area contributed by atoms with Crippen molar-refractivity contribution < 1.29 is 0 Å². The topological polar surface area (TPSA) is 75.7 Å². The first-order chi connectivity index (χ1) is 11.7.